The number of fused-ring (bicyclic) bond motifs is 12. The Hall–Kier alpha value is -7.18. The van der Waals surface area contributed by atoms with Gasteiger partial charge in [0.15, 0.2) is 0 Å². The highest BCUT2D eigenvalue weighted by Gasteiger charge is 2.26. The number of hydrogen-bond acceptors (Lipinski definition) is 4. The van der Waals surface area contributed by atoms with E-state index in [9.17, 15) is 0 Å². The van der Waals surface area contributed by atoms with Gasteiger partial charge in [0, 0.05) is 58.4 Å². The zero-order valence-electron chi connectivity index (χ0n) is 31.6. The van der Waals surface area contributed by atoms with Crippen LogP contribution >= 0.6 is 22.7 Å². The normalized spacial score (nSPS) is 12.1. The molecule has 4 aromatic heterocycles. The fourth-order valence-electron chi connectivity index (χ4n) is 9.44. The number of aromatic nitrogens is 1. The summed E-state index contributed by atoms with van der Waals surface area (Å²) < 4.78 is 14.5. The molecule has 0 spiro atoms. The van der Waals surface area contributed by atoms with Crippen LogP contribution in [0, 0.1) is 0 Å². The molecule has 0 bridgehead atoms. The van der Waals surface area contributed by atoms with E-state index in [1.165, 1.54) is 62.2 Å². The van der Waals surface area contributed by atoms with Crippen molar-refractivity contribution in [2.75, 3.05) is 4.90 Å². The van der Waals surface area contributed by atoms with E-state index in [-0.39, 0.29) is 0 Å². The second-order valence-electron chi connectivity index (χ2n) is 15.2. The number of furan rings is 1. The van der Waals surface area contributed by atoms with E-state index in [0.717, 1.165) is 55.8 Å². The SMILES string of the molecule is c1cc(-c2ccc(N(c3cccc4c3sc3ccccc34)c3cccc4c3sc3ccccc34)c3c2oc2ccccc23)cc(-n2c3ccccc3c3ccccc32)c1. The maximum absolute atomic E-state index is 7.01. The first-order valence-corrected chi connectivity index (χ1v) is 21.6. The summed E-state index contributed by atoms with van der Waals surface area (Å²) in [5.41, 5.74) is 10.8. The van der Waals surface area contributed by atoms with Crippen LogP contribution in [-0.2, 0) is 0 Å². The van der Waals surface area contributed by atoms with Crippen molar-refractivity contribution in [1.29, 1.82) is 0 Å². The average Bonchev–Trinajstić information content (AvgIpc) is 4.06. The zero-order chi connectivity index (χ0) is 38.6. The molecule has 13 rings (SSSR count). The lowest BCUT2D eigenvalue weighted by Crippen LogP contribution is -2.11. The molecule has 0 fully saturated rings. The van der Waals surface area contributed by atoms with Crippen LogP contribution in [0.5, 0.6) is 0 Å². The standard InChI is InChI=1S/C54H32N2OS2/c1-6-23-43-36(16-1)37-17-2-7-24-44(37)55(43)34-15-11-14-33(32-34)35-30-31-45(51-42-20-3-8-27-48(42)57-52(35)51)56(46-25-12-21-40-38-18-4-9-28-49(38)58-53(40)46)47-26-13-22-41-39-19-5-10-29-50(39)59-54(41)47/h1-32H. The molecule has 0 N–H and O–H groups in total. The smallest absolute Gasteiger partial charge is 0.145 e. The predicted octanol–water partition coefficient (Wildman–Crippen LogP) is 16.6. The van der Waals surface area contributed by atoms with Gasteiger partial charge in [-0.2, -0.15) is 0 Å². The minimum atomic E-state index is 0.870. The Morgan fingerprint density at radius 1 is 0.407 bits per heavy atom. The Labute approximate surface area is 346 Å². The van der Waals surface area contributed by atoms with Crippen LogP contribution in [0.1, 0.15) is 0 Å². The average molecular weight is 789 g/mol. The summed E-state index contributed by atoms with van der Waals surface area (Å²) in [5.74, 6) is 0. The van der Waals surface area contributed by atoms with E-state index in [2.05, 4.69) is 204 Å². The van der Waals surface area contributed by atoms with E-state index in [1.54, 1.807) is 0 Å². The van der Waals surface area contributed by atoms with Gasteiger partial charge < -0.3 is 13.9 Å². The first-order chi connectivity index (χ1) is 29.3. The zero-order valence-corrected chi connectivity index (χ0v) is 33.2. The van der Waals surface area contributed by atoms with Gasteiger partial charge in [0.2, 0.25) is 0 Å². The van der Waals surface area contributed by atoms with Gasteiger partial charge in [-0.1, -0.05) is 127 Å². The van der Waals surface area contributed by atoms with Gasteiger partial charge in [-0.3, -0.25) is 0 Å². The number of thiophene rings is 2. The maximum atomic E-state index is 7.01. The molecule has 0 unspecified atom stereocenters. The van der Waals surface area contributed by atoms with E-state index in [0.29, 0.717) is 0 Å². The van der Waals surface area contributed by atoms with Gasteiger partial charge in [-0.05, 0) is 72.3 Å². The van der Waals surface area contributed by atoms with E-state index in [1.807, 2.05) is 22.7 Å². The summed E-state index contributed by atoms with van der Waals surface area (Å²) >= 11 is 3.73. The highest BCUT2D eigenvalue weighted by molar-refractivity contribution is 7.27. The summed E-state index contributed by atoms with van der Waals surface area (Å²) in [6.07, 6.45) is 0. The van der Waals surface area contributed by atoms with Crippen molar-refractivity contribution in [3.05, 3.63) is 194 Å². The van der Waals surface area contributed by atoms with Gasteiger partial charge >= 0.3 is 0 Å². The van der Waals surface area contributed by atoms with Crippen molar-refractivity contribution in [1.82, 2.24) is 4.57 Å². The summed E-state index contributed by atoms with van der Waals surface area (Å²) in [4.78, 5) is 2.51. The number of para-hydroxylation sites is 3. The lowest BCUT2D eigenvalue weighted by atomic mass is 9.99. The Morgan fingerprint density at radius 3 is 1.58 bits per heavy atom. The topological polar surface area (TPSA) is 21.3 Å². The molecule has 0 radical (unpaired) electrons. The molecule has 9 aromatic carbocycles. The molecule has 0 saturated heterocycles. The molecule has 0 aliphatic carbocycles. The number of hydrogen-bond donors (Lipinski definition) is 0. The third-order valence-electron chi connectivity index (χ3n) is 12.0. The second-order valence-corrected chi connectivity index (χ2v) is 17.3. The highest BCUT2D eigenvalue weighted by atomic mass is 32.1. The third-order valence-corrected chi connectivity index (χ3v) is 14.4. The van der Waals surface area contributed by atoms with E-state index < -0.39 is 0 Å². The summed E-state index contributed by atoms with van der Waals surface area (Å²) in [6.45, 7) is 0. The Morgan fingerprint density at radius 2 is 0.932 bits per heavy atom. The van der Waals surface area contributed by atoms with Gasteiger partial charge in [-0.25, -0.2) is 0 Å². The fraction of sp³-hybridized carbons (Fsp3) is 0. The fourth-order valence-corrected chi connectivity index (χ4v) is 11.9. The highest BCUT2D eigenvalue weighted by Crippen LogP contribution is 2.52. The van der Waals surface area contributed by atoms with Crippen LogP contribution in [0.3, 0.4) is 0 Å². The van der Waals surface area contributed by atoms with Crippen LogP contribution in [-0.4, -0.2) is 4.57 Å². The van der Waals surface area contributed by atoms with Crippen LogP contribution in [0.4, 0.5) is 17.1 Å². The van der Waals surface area contributed by atoms with Crippen molar-refractivity contribution in [3.63, 3.8) is 0 Å². The Bertz CT molecular complexity index is 3660. The number of anilines is 3. The van der Waals surface area contributed by atoms with Crippen molar-refractivity contribution in [2.24, 2.45) is 0 Å². The van der Waals surface area contributed by atoms with E-state index in [4.69, 9.17) is 4.42 Å². The largest absolute Gasteiger partial charge is 0.455 e. The number of benzene rings is 9. The minimum absolute atomic E-state index is 0.870. The lowest BCUT2D eigenvalue weighted by Gasteiger charge is -2.27. The first-order valence-electron chi connectivity index (χ1n) is 19.9. The minimum Gasteiger partial charge on any atom is -0.455 e. The summed E-state index contributed by atoms with van der Waals surface area (Å²) in [7, 11) is 0. The molecule has 276 valence electrons. The molecule has 0 amide bonds. The lowest BCUT2D eigenvalue weighted by molar-refractivity contribution is 0.670. The quantitative estimate of drug-likeness (QED) is 0.173. The van der Waals surface area contributed by atoms with Crippen LogP contribution in [0.25, 0.3) is 101 Å². The summed E-state index contributed by atoms with van der Waals surface area (Å²) in [5, 5.41) is 9.79. The Kier molecular flexibility index (Phi) is 7.05. The molecule has 5 heteroatoms. The van der Waals surface area contributed by atoms with Gasteiger partial charge in [-0.15, -0.1) is 22.7 Å². The summed E-state index contributed by atoms with van der Waals surface area (Å²) in [6, 6.07) is 70.5. The molecule has 0 aliphatic heterocycles. The maximum Gasteiger partial charge on any atom is 0.145 e. The number of nitrogens with zero attached hydrogens (tertiary/aromatic N) is 2. The molecule has 13 aromatic rings. The molecule has 59 heavy (non-hydrogen) atoms. The van der Waals surface area contributed by atoms with Gasteiger partial charge in [0.25, 0.3) is 0 Å². The Balaban J connectivity index is 1.10. The molecule has 4 heterocycles. The molecule has 0 aliphatic rings. The second kappa shape index (κ2) is 12.7. The molecule has 0 saturated carbocycles. The van der Waals surface area contributed by atoms with Crippen molar-refractivity contribution < 1.29 is 4.42 Å². The van der Waals surface area contributed by atoms with Crippen LogP contribution < -0.4 is 4.90 Å². The predicted molar refractivity (Wildman–Crippen MR) is 254 cm³/mol. The van der Waals surface area contributed by atoms with Gasteiger partial charge in [0.1, 0.15) is 11.2 Å². The monoisotopic (exact) mass is 788 g/mol. The van der Waals surface area contributed by atoms with Crippen LogP contribution in [0.2, 0.25) is 0 Å². The third kappa shape index (κ3) is 4.80. The molecule has 0 atom stereocenters. The van der Waals surface area contributed by atoms with Crippen molar-refractivity contribution in [2.45, 2.75) is 0 Å². The number of rotatable bonds is 5. The van der Waals surface area contributed by atoms with Gasteiger partial charge in [0.05, 0.1) is 42.9 Å². The first kappa shape index (κ1) is 32.9. The van der Waals surface area contributed by atoms with Crippen molar-refractivity contribution in [3.8, 4) is 16.8 Å². The molecule has 3 nitrogen and oxygen atoms in total. The van der Waals surface area contributed by atoms with Crippen molar-refractivity contribution >= 4 is 124 Å². The molecular formula is C54H32N2OS2. The van der Waals surface area contributed by atoms with Crippen LogP contribution in [0.15, 0.2) is 199 Å². The van der Waals surface area contributed by atoms with E-state index >= 15 is 0 Å². The molecular weight excluding hydrogens is 757 g/mol.